The minimum absolute atomic E-state index is 0.165. The molecule has 4 nitrogen and oxygen atoms in total. The molecule has 0 radical (unpaired) electrons. The number of likely N-dealkylation sites (tertiary alicyclic amines) is 1. The summed E-state index contributed by atoms with van der Waals surface area (Å²) < 4.78 is 0. The number of rotatable bonds is 8. The van der Waals surface area contributed by atoms with Gasteiger partial charge in [-0.15, -0.1) is 0 Å². The van der Waals surface area contributed by atoms with E-state index in [9.17, 15) is 4.79 Å². The number of aromatic nitrogens is 1. The molecular weight excluding hydrogens is 394 g/mol. The van der Waals surface area contributed by atoms with Crippen molar-refractivity contribution in [3.05, 3.63) is 90.3 Å². The molecule has 1 aliphatic heterocycles. The molecule has 2 N–H and O–H groups in total. The summed E-state index contributed by atoms with van der Waals surface area (Å²) in [5, 5.41) is 0. The summed E-state index contributed by atoms with van der Waals surface area (Å²) in [5.74, 6) is 0.371. The van der Waals surface area contributed by atoms with Gasteiger partial charge in [0.05, 0.1) is 5.41 Å². The first-order valence-electron chi connectivity index (χ1n) is 11.6. The summed E-state index contributed by atoms with van der Waals surface area (Å²) in [5.41, 5.74) is 10.3. The van der Waals surface area contributed by atoms with Crippen LogP contribution in [0.15, 0.2) is 79.1 Å². The van der Waals surface area contributed by atoms with Gasteiger partial charge in [-0.1, -0.05) is 67.6 Å². The zero-order valence-corrected chi connectivity index (χ0v) is 18.9. The van der Waals surface area contributed by atoms with E-state index in [4.69, 9.17) is 5.73 Å². The number of hydrogen-bond donors (Lipinski definition) is 1. The standard InChI is InChI=1S/C28H33N3O/c1-22(24-8-3-2-4-9-24)12-16-31-17-13-28(14-18-31,27(29)32)20-23-7-5-10-25(19-23)26-11-6-15-30-21-26/h2-11,15,19,21-22H,12-14,16-18,20H2,1H3,(H2,29,32)/t22-/m0/s1. The number of carbonyl (C=O) groups excluding carboxylic acids is 1. The van der Waals surface area contributed by atoms with Gasteiger partial charge in [-0.05, 0) is 79.6 Å². The number of amides is 1. The summed E-state index contributed by atoms with van der Waals surface area (Å²) in [6, 6.07) is 23.1. The molecule has 1 fully saturated rings. The first-order valence-corrected chi connectivity index (χ1v) is 11.6. The van der Waals surface area contributed by atoms with Gasteiger partial charge in [0.2, 0.25) is 5.91 Å². The third-order valence-corrected chi connectivity index (χ3v) is 7.05. The van der Waals surface area contributed by atoms with Gasteiger partial charge in [0.25, 0.3) is 0 Å². The SMILES string of the molecule is C[C@@H](CCN1CCC(Cc2cccc(-c3cccnc3)c2)(C(N)=O)CC1)c1ccccc1. The van der Waals surface area contributed by atoms with E-state index in [2.05, 4.69) is 77.5 Å². The Hall–Kier alpha value is -2.98. The molecule has 0 saturated carbocycles. The van der Waals surface area contributed by atoms with Crippen molar-refractivity contribution in [1.82, 2.24) is 9.88 Å². The van der Waals surface area contributed by atoms with Crippen molar-refractivity contribution < 1.29 is 4.79 Å². The summed E-state index contributed by atoms with van der Waals surface area (Å²) in [6.45, 7) is 5.20. The van der Waals surface area contributed by atoms with Gasteiger partial charge in [-0.2, -0.15) is 0 Å². The lowest BCUT2D eigenvalue weighted by Gasteiger charge is -2.40. The van der Waals surface area contributed by atoms with Crippen LogP contribution in [0.1, 0.15) is 43.2 Å². The average molecular weight is 428 g/mol. The second-order valence-corrected chi connectivity index (χ2v) is 9.21. The fourth-order valence-electron chi connectivity index (χ4n) is 4.82. The molecule has 4 heteroatoms. The van der Waals surface area contributed by atoms with Crippen LogP contribution in [-0.4, -0.2) is 35.4 Å². The monoisotopic (exact) mass is 427 g/mol. The molecule has 32 heavy (non-hydrogen) atoms. The lowest BCUT2D eigenvalue weighted by molar-refractivity contribution is -0.130. The molecule has 2 aromatic carbocycles. The Labute approximate surface area is 191 Å². The molecule has 0 spiro atoms. The van der Waals surface area contributed by atoms with Gasteiger partial charge in [-0.3, -0.25) is 9.78 Å². The van der Waals surface area contributed by atoms with Crippen molar-refractivity contribution in [3.8, 4) is 11.1 Å². The molecule has 2 heterocycles. The Morgan fingerprint density at radius 2 is 1.78 bits per heavy atom. The molecule has 3 aromatic rings. The van der Waals surface area contributed by atoms with Crippen LogP contribution in [0.5, 0.6) is 0 Å². The van der Waals surface area contributed by atoms with E-state index in [1.807, 2.05) is 12.3 Å². The summed E-state index contributed by atoms with van der Waals surface area (Å²) in [4.78, 5) is 19.3. The van der Waals surface area contributed by atoms with Crippen molar-refractivity contribution in [2.24, 2.45) is 11.1 Å². The largest absolute Gasteiger partial charge is 0.369 e. The maximum absolute atomic E-state index is 12.6. The van der Waals surface area contributed by atoms with Crippen molar-refractivity contribution >= 4 is 5.91 Å². The molecule has 1 saturated heterocycles. The number of nitrogens with zero attached hydrogens (tertiary/aromatic N) is 2. The van der Waals surface area contributed by atoms with Crippen LogP contribution in [0.3, 0.4) is 0 Å². The third-order valence-electron chi connectivity index (χ3n) is 7.05. The second-order valence-electron chi connectivity index (χ2n) is 9.21. The molecule has 0 unspecified atom stereocenters. The van der Waals surface area contributed by atoms with E-state index in [-0.39, 0.29) is 5.91 Å². The van der Waals surface area contributed by atoms with E-state index in [0.29, 0.717) is 12.3 Å². The summed E-state index contributed by atoms with van der Waals surface area (Å²) in [7, 11) is 0. The average Bonchev–Trinajstić information content (AvgIpc) is 2.84. The van der Waals surface area contributed by atoms with Crippen molar-refractivity contribution in [3.63, 3.8) is 0 Å². The number of hydrogen-bond acceptors (Lipinski definition) is 3. The fourth-order valence-corrected chi connectivity index (χ4v) is 4.82. The number of piperidine rings is 1. The van der Waals surface area contributed by atoms with E-state index >= 15 is 0 Å². The molecule has 1 aromatic heterocycles. The van der Waals surface area contributed by atoms with Gasteiger partial charge in [0.15, 0.2) is 0 Å². The van der Waals surface area contributed by atoms with Gasteiger partial charge < -0.3 is 10.6 Å². The topological polar surface area (TPSA) is 59.2 Å². The number of carbonyl (C=O) groups is 1. The predicted octanol–water partition coefficient (Wildman–Crippen LogP) is 5.05. The van der Waals surface area contributed by atoms with E-state index in [1.165, 1.54) is 5.56 Å². The predicted molar refractivity (Wildman–Crippen MR) is 130 cm³/mol. The Balaban J connectivity index is 1.38. The zero-order valence-electron chi connectivity index (χ0n) is 18.9. The summed E-state index contributed by atoms with van der Waals surface area (Å²) >= 11 is 0. The maximum Gasteiger partial charge on any atom is 0.224 e. The van der Waals surface area contributed by atoms with Crippen molar-refractivity contribution in [2.45, 2.75) is 38.5 Å². The van der Waals surface area contributed by atoms with Crippen LogP contribution in [0, 0.1) is 5.41 Å². The zero-order chi connectivity index (χ0) is 22.4. The summed E-state index contributed by atoms with van der Waals surface area (Å²) in [6.07, 6.45) is 7.12. The van der Waals surface area contributed by atoms with Gasteiger partial charge in [-0.25, -0.2) is 0 Å². The second kappa shape index (κ2) is 10.1. The van der Waals surface area contributed by atoms with Crippen molar-refractivity contribution in [1.29, 1.82) is 0 Å². The Bertz CT molecular complexity index is 1010. The van der Waals surface area contributed by atoms with Gasteiger partial charge in [0, 0.05) is 12.4 Å². The first kappa shape index (κ1) is 22.2. The van der Waals surface area contributed by atoms with Crippen LogP contribution in [0.2, 0.25) is 0 Å². The fraction of sp³-hybridized carbons (Fsp3) is 0.357. The lowest BCUT2D eigenvalue weighted by Crippen LogP contribution is -2.48. The van der Waals surface area contributed by atoms with Crippen molar-refractivity contribution in [2.75, 3.05) is 19.6 Å². The van der Waals surface area contributed by atoms with E-state index < -0.39 is 5.41 Å². The highest BCUT2D eigenvalue weighted by Crippen LogP contribution is 2.36. The Morgan fingerprint density at radius 1 is 1.03 bits per heavy atom. The third kappa shape index (κ3) is 5.25. The molecule has 1 aliphatic rings. The smallest absolute Gasteiger partial charge is 0.224 e. The molecule has 166 valence electrons. The van der Waals surface area contributed by atoms with E-state index in [0.717, 1.165) is 55.6 Å². The highest BCUT2D eigenvalue weighted by atomic mass is 16.1. The number of nitrogens with two attached hydrogens (primary N) is 1. The first-order chi connectivity index (χ1) is 15.6. The Kier molecular flexibility index (Phi) is 7.01. The van der Waals surface area contributed by atoms with Crippen LogP contribution in [0.4, 0.5) is 0 Å². The van der Waals surface area contributed by atoms with Crippen LogP contribution in [-0.2, 0) is 11.2 Å². The van der Waals surface area contributed by atoms with E-state index in [1.54, 1.807) is 6.20 Å². The Morgan fingerprint density at radius 3 is 2.47 bits per heavy atom. The highest BCUT2D eigenvalue weighted by molar-refractivity contribution is 5.81. The molecule has 1 amide bonds. The molecular formula is C28H33N3O. The van der Waals surface area contributed by atoms with Crippen LogP contribution in [0.25, 0.3) is 11.1 Å². The van der Waals surface area contributed by atoms with Gasteiger partial charge in [0.1, 0.15) is 0 Å². The maximum atomic E-state index is 12.6. The quantitative estimate of drug-likeness (QED) is 0.547. The van der Waals surface area contributed by atoms with Gasteiger partial charge >= 0.3 is 0 Å². The number of benzene rings is 2. The van der Waals surface area contributed by atoms with Crippen LogP contribution >= 0.6 is 0 Å². The number of pyridine rings is 1. The molecule has 4 rings (SSSR count). The normalized spacial score (nSPS) is 17.0. The van der Waals surface area contributed by atoms with Crippen LogP contribution < -0.4 is 5.73 Å². The number of primary amides is 1. The minimum Gasteiger partial charge on any atom is -0.369 e. The molecule has 1 atom stereocenters. The lowest BCUT2D eigenvalue weighted by atomic mass is 9.73. The highest BCUT2D eigenvalue weighted by Gasteiger charge is 2.39. The molecule has 0 aliphatic carbocycles. The minimum atomic E-state index is -0.463. The molecule has 0 bridgehead atoms.